The van der Waals surface area contributed by atoms with Crippen molar-refractivity contribution < 1.29 is 9.90 Å². The molecule has 0 saturated heterocycles. The van der Waals surface area contributed by atoms with Crippen molar-refractivity contribution in [3.8, 4) is 0 Å². The van der Waals surface area contributed by atoms with Gasteiger partial charge in [0.25, 0.3) is 0 Å². The third-order valence-corrected chi connectivity index (χ3v) is 1.45. The largest absolute Gasteiger partial charge is 0.480 e. The maximum atomic E-state index is 10.1. The highest BCUT2D eigenvalue weighted by molar-refractivity contribution is 5.85. The average Bonchev–Trinajstić information content (AvgIpc) is 2.05. The summed E-state index contributed by atoms with van der Waals surface area (Å²) >= 11 is 0. The summed E-state index contributed by atoms with van der Waals surface area (Å²) in [7, 11) is 0. The first-order valence-electron chi connectivity index (χ1n) is 3.75. The fourth-order valence-corrected chi connectivity index (χ4v) is 0.910. The Morgan fingerprint density at radius 2 is 1.92 bits per heavy atom. The first kappa shape index (κ1) is 11.9. The number of carboxylic acids is 1. The molecule has 0 saturated carbocycles. The first-order valence-corrected chi connectivity index (χ1v) is 3.75. The Kier molecular flexibility index (Phi) is 5.93. The summed E-state index contributed by atoms with van der Waals surface area (Å²) in [6.45, 7) is 0.613. The third kappa shape index (κ3) is 5.22. The predicted octanol–water partition coefficient (Wildman–Crippen LogP) is 1.28. The van der Waals surface area contributed by atoms with Crippen LogP contribution in [0.1, 0.15) is 5.56 Å². The zero-order valence-electron chi connectivity index (χ0n) is 7.06. The van der Waals surface area contributed by atoms with E-state index in [4.69, 9.17) is 5.11 Å². The Morgan fingerprint density at radius 1 is 1.31 bits per heavy atom. The zero-order chi connectivity index (χ0) is 8.81. The van der Waals surface area contributed by atoms with Crippen molar-refractivity contribution in [2.24, 2.45) is 0 Å². The number of benzene rings is 1. The Morgan fingerprint density at radius 3 is 2.46 bits per heavy atom. The van der Waals surface area contributed by atoms with Crippen LogP contribution >= 0.6 is 12.4 Å². The summed E-state index contributed by atoms with van der Waals surface area (Å²) < 4.78 is 0. The van der Waals surface area contributed by atoms with Crippen LogP contribution in [0.3, 0.4) is 0 Å². The second kappa shape index (κ2) is 6.46. The van der Waals surface area contributed by atoms with Crippen LogP contribution in [0.15, 0.2) is 30.3 Å². The standard InChI is InChI=1S/C9H11NO2.ClH/c11-9(12)7-10-6-8-4-2-1-3-5-8;/h1-5,10H,6-7H2,(H,11,12);1H. The van der Waals surface area contributed by atoms with E-state index < -0.39 is 5.97 Å². The van der Waals surface area contributed by atoms with E-state index in [0.717, 1.165) is 5.56 Å². The van der Waals surface area contributed by atoms with Crippen molar-refractivity contribution >= 4 is 18.4 Å². The summed E-state index contributed by atoms with van der Waals surface area (Å²) in [6.07, 6.45) is 0. The third-order valence-electron chi connectivity index (χ3n) is 1.45. The number of halogens is 1. The SMILES string of the molecule is Cl.O=C(O)CNCc1ccccc1. The molecule has 1 aromatic carbocycles. The minimum atomic E-state index is -0.828. The van der Waals surface area contributed by atoms with Gasteiger partial charge in [0, 0.05) is 6.54 Å². The van der Waals surface area contributed by atoms with Gasteiger partial charge in [-0.05, 0) is 5.56 Å². The minimum Gasteiger partial charge on any atom is -0.480 e. The highest BCUT2D eigenvalue weighted by Crippen LogP contribution is 1.96. The summed E-state index contributed by atoms with van der Waals surface area (Å²) in [5.74, 6) is -0.828. The minimum absolute atomic E-state index is 0. The molecule has 0 aliphatic heterocycles. The van der Waals surface area contributed by atoms with Crippen LogP contribution in [-0.4, -0.2) is 17.6 Å². The molecule has 0 fully saturated rings. The highest BCUT2D eigenvalue weighted by Gasteiger charge is 1.94. The van der Waals surface area contributed by atoms with Crippen molar-refractivity contribution in [2.75, 3.05) is 6.54 Å². The van der Waals surface area contributed by atoms with Gasteiger partial charge in [0.1, 0.15) is 0 Å². The van der Waals surface area contributed by atoms with E-state index in [1.165, 1.54) is 0 Å². The fraction of sp³-hybridized carbons (Fsp3) is 0.222. The Labute approximate surface area is 83.2 Å². The van der Waals surface area contributed by atoms with Crippen LogP contribution in [0, 0.1) is 0 Å². The Hall–Kier alpha value is -1.06. The van der Waals surface area contributed by atoms with E-state index in [1.54, 1.807) is 0 Å². The van der Waals surface area contributed by atoms with E-state index in [0.29, 0.717) is 6.54 Å². The van der Waals surface area contributed by atoms with Gasteiger partial charge >= 0.3 is 5.97 Å². The number of carbonyl (C=O) groups is 1. The molecule has 72 valence electrons. The van der Waals surface area contributed by atoms with Crippen LogP contribution in [0.25, 0.3) is 0 Å². The van der Waals surface area contributed by atoms with Crippen molar-refractivity contribution in [3.63, 3.8) is 0 Å². The molecule has 0 spiro atoms. The number of rotatable bonds is 4. The lowest BCUT2D eigenvalue weighted by Crippen LogP contribution is -2.21. The maximum absolute atomic E-state index is 10.1. The van der Waals surface area contributed by atoms with Crippen LogP contribution in [-0.2, 0) is 11.3 Å². The molecule has 0 bridgehead atoms. The second-order valence-electron chi connectivity index (χ2n) is 2.48. The summed E-state index contributed by atoms with van der Waals surface area (Å²) in [5.41, 5.74) is 1.10. The van der Waals surface area contributed by atoms with Gasteiger partial charge in [-0.2, -0.15) is 0 Å². The lowest BCUT2D eigenvalue weighted by atomic mass is 10.2. The molecule has 0 heterocycles. The molecule has 0 atom stereocenters. The molecule has 4 heteroatoms. The van der Waals surface area contributed by atoms with Crippen molar-refractivity contribution in [1.29, 1.82) is 0 Å². The quantitative estimate of drug-likeness (QED) is 0.772. The highest BCUT2D eigenvalue weighted by atomic mass is 35.5. The molecule has 0 aliphatic rings. The van der Waals surface area contributed by atoms with E-state index >= 15 is 0 Å². The van der Waals surface area contributed by atoms with E-state index in [-0.39, 0.29) is 19.0 Å². The molecule has 0 aliphatic carbocycles. The van der Waals surface area contributed by atoms with Crippen molar-refractivity contribution in [2.45, 2.75) is 6.54 Å². The van der Waals surface area contributed by atoms with Gasteiger partial charge in [-0.25, -0.2) is 0 Å². The van der Waals surface area contributed by atoms with Crippen molar-refractivity contribution in [3.05, 3.63) is 35.9 Å². The van der Waals surface area contributed by atoms with Crippen LogP contribution in [0.2, 0.25) is 0 Å². The number of carboxylic acid groups (broad SMARTS) is 1. The summed E-state index contributed by atoms with van der Waals surface area (Å²) in [6, 6.07) is 9.69. The Balaban J connectivity index is 0.00000144. The van der Waals surface area contributed by atoms with Crippen molar-refractivity contribution in [1.82, 2.24) is 5.32 Å². The molecular formula is C9H12ClNO2. The van der Waals surface area contributed by atoms with Gasteiger partial charge in [-0.1, -0.05) is 30.3 Å². The van der Waals surface area contributed by atoms with Gasteiger partial charge < -0.3 is 10.4 Å². The molecule has 0 radical (unpaired) electrons. The molecule has 1 aromatic rings. The Bertz CT molecular complexity index is 251. The molecule has 2 N–H and O–H groups in total. The average molecular weight is 202 g/mol. The molecule has 1 rings (SSSR count). The van der Waals surface area contributed by atoms with E-state index in [1.807, 2.05) is 30.3 Å². The smallest absolute Gasteiger partial charge is 0.317 e. The van der Waals surface area contributed by atoms with Crippen LogP contribution in [0.4, 0.5) is 0 Å². The fourth-order valence-electron chi connectivity index (χ4n) is 0.910. The molecule has 3 nitrogen and oxygen atoms in total. The number of nitrogens with one attached hydrogen (secondary N) is 1. The van der Waals surface area contributed by atoms with Gasteiger partial charge in [-0.15, -0.1) is 12.4 Å². The summed E-state index contributed by atoms with van der Waals surface area (Å²) in [5, 5.41) is 11.1. The van der Waals surface area contributed by atoms with Gasteiger partial charge in [0.15, 0.2) is 0 Å². The molecule has 13 heavy (non-hydrogen) atoms. The maximum Gasteiger partial charge on any atom is 0.317 e. The van der Waals surface area contributed by atoms with Gasteiger partial charge in [-0.3, -0.25) is 4.79 Å². The second-order valence-corrected chi connectivity index (χ2v) is 2.48. The normalized spacial score (nSPS) is 8.92. The monoisotopic (exact) mass is 201 g/mol. The zero-order valence-corrected chi connectivity index (χ0v) is 7.88. The first-order chi connectivity index (χ1) is 5.79. The number of hydrogen-bond donors (Lipinski definition) is 2. The number of hydrogen-bond acceptors (Lipinski definition) is 2. The summed E-state index contributed by atoms with van der Waals surface area (Å²) in [4.78, 5) is 10.1. The predicted molar refractivity (Wildman–Crippen MR) is 53.0 cm³/mol. The van der Waals surface area contributed by atoms with Gasteiger partial charge in [0.05, 0.1) is 6.54 Å². The van der Waals surface area contributed by atoms with Gasteiger partial charge in [0.2, 0.25) is 0 Å². The van der Waals surface area contributed by atoms with Crippen LogP contribution in [0.5, 0.6) is 0 Å². The van der Waals surface area contributed by atoms with E-state index in [9.17, 15) is 4.79 Å². The number of aliphatic carboxylic acids is 1. The van der Waals surface area contributed by atoms with Crippen LogP contribution < -0.4 is 5.32 Å². The topological polar surface area (TPSA) is 49.3 Å². The molecular weight excluding hydrogens is 190 g/mol. The van der Waals surface area contributed by atoms with E-state index in [2.05, 4.69) is 5.32 Å². The lowest BCUT2D eigenvalue weighted by molar-refractivity contribution is -0.135. The molecule has 0 amide bonds. The molecule has 0 aromatic heterocycles. The lowest BCUT2D eigenvalue weighted by Gasteiger charge is -2.00. The molecule has 0 unspecified atom stereocenters.